The van der Waals surface area contributed by atoms with Crippen molar-refractivity contribution in [1.29, 1.82) is 0 Å². The Hall–Kier alpha value is -1.32. The summed E-state index contributed by atoms with van der Waals surface area (Å²) in [7, 11) is 0. The molecule has 2 aliphatic rings. The highest BCUT2D eigenvalue weighted by Gasteiger charge is 2.38. The van der Waals surface area contributed by atoms with Gasteiger partial charge in [-0.25, -0.2) is 4.98 Å². The lowest BCUT2D eigenvalue weighted by Gasteiger charge is -2.11. The first-order valence-electron chi connectivity index (χ1n) is 7.06. The molecule has 1 aromatic rings. The molecule has 1 aromatic heterocycles. The molecule has 2 heterocycles. The molecule has 4 heteroatoms. The van der Waals surface area contributed by atoms with Crippen LogP contribution >= 0.6 is 0 Å². The molecule has 0 unspecified atom stereocenters. The molecule has 0 aromatic carbocycles. The smallest absolute Gasteiger partial charge is 0.223 e. The van der Waals surface area contributed by atoms with Crippen molar-refractivity contribution in [2.24, 2.45) is 11.8 Å². The summed E-state index contributed by atoms with van der Waals surface area (Å²) in [5.41, 5.74) is 1.12. The highest BCUT2D eigenvalue weighted by atomic mass is 16.2. The van der Waals surface area contributed by atoms with Crippen LogP contribution in [0.1, 0.15) is 37.7 Å². The molecule has 18 heavy (non-hydrogen) atoms. The van der Waals surface area contributed by atoms with E-state index in [0.29, 0.717) is 5.92 Å². The molecule has 0 radical (unpaired) electrons. The number of rotatable bonds is 4. The van der Waals surface area contributed by atoms with Crippen LogP contribution in [0.4, 0.5) is 0 Å². The van der Waals surface area contributed by atoms with Crippen molar-refractivity contribution in [3.63, 3.8) is 0 Å². The van der Waals surface area contributed by atoms with Gasteiger partial charge in [0, 0.05) is 38.0 Å². The van der Waals surface area contributed by atoms with Gasteiger partial charge in [-0.1, -0.05) is 6.92 Å². The van der Waals surface area contributed by atoms with E-state index in [9.17, 15) is 4.79 Å². The van der Waals surface area contributed by atoms with Crippen molar-refractivity contribution >= 4 is 5.91 Å². The van der Waals surface area contributed by atoms with Gasteiger partial charge in [0.15, 0.2) is 0 Å². The van der Waals surface area contributed by atoms with Crippen LogP contribution in [0.25, 0.3) is 0 Å². The number of nitrogens with one attached hydrogen (secondary N) is 1. The number of hydrogen-bond donors (Lipinski definition) is 1. The van der Waals surface area contributed by atoms with Gasteiger partial charge in [-0.05, 0) is 25.2 Å². The van der Waals surface area contributed by atoms with Crippen molar-refractivity contribution in [3.8, 4) is 0 Å². The predicted molar refractivity (Wildman–Crippen MR) is 69.1 cm³/mol. The summed E-state index contributed by atoms with van der Waals surface area (Å²) in [5, 5.41) is 3.02. The molecule has 1 aliphatic carbocycles. The number of carbonyl (C=O) groups excluding carboxylic acids is 1. The van der Waals surface area contributed by atoms with Gasteiger partial charge >= 0.3 is 0 Å². The summed E-state index contributed by atoms with van der Waals surface area (Å²) >= 11 is 0. The van der Waals surface area contributed by atoms with Crippen LogP contribution in [-0.4, -0.2) is 22.0 Å². The Labute approximate surface area is 108 Å². The van der Waals surface area contributed by atoms with E-state index < -0.39 is 0 Å². The summed E-state index contributed by atoms with van der Waals surface area (Å²) in [4.78, 5) is 16.3. The monoisotopic (exact) mass is 247 g/mol. The fourth-order valence-electron chi connectivity index (χ4n) is 2.72. The molecule has 3 rings (SSSR count). The zero-order valence-electron chi connectivity index (χ0n) is 11.0. The molecule has 1 aliphatic heterocycles. The van der Waals surface area contributed by atoms with Crippen LogP contribution in [0, 0.1) is 11.8 Å². The number of aromatic nitrogens is 2. The van der Waals surface area contributed by atoms with Gasteiger partial charge in [0.1, 0.15) is 5.82 Å². The van der Waals surface area contributed by atoms with Gasteiger partial charge < -0.3 is 9.88 Å². The van der Waals surface area contributed by atoms with Crippen LogP contribution < -0.4 is 5.32 Å². The average Bonchev–Trinajstić information content (AvgIpc) is 2.95. The molecule has 4 nitrogen and oxygen atoms in total. The molecular formula is C14H21N3O. The normalized spacial score (nSPS) is 25.6. The van der Waals surface area contributed by atoms with Crippen molar-refractivity contribution in [3.05, 3.63) is 17.7 Å². The maximum Gasteiger partial charge on any atom is 0.223 e. The molecule has 98 valence electrons. The standard InChI is InChI=1S/C14H21N3O/c1-10-8-12(10)14(18)15-6-5-11-9-17-7-3-2-4-13(17)16-11/h9-10,12H,2-8H2,1H3,(H,15,18)/t10-,12+/m1/s1. The van der Waals surface area contributed by atoms with E-state index in [2.05, 4.69) is 28.0 Å². The Bertz CT molecular complexity index is 428. The largest absolute Gasteiger partial charge is 0.355 e. The van der Waals surface area contributed by atoms with E-state index in [4.69, 9.17) is 0 Å². The first-order chi connectivity index (χ1) is 8.74. The lowest BCUT2D eigenvalue weighted by atomic mass is 10.2. The maximum atomic E-state index is 11.7. The summed E-state index contributed by atoms with van der Waals surface area (Å²) in [5.74, 6) is 2.31. The van der Waals surface area contributed by atoms with Crippen molar-refractivity contribution in [2.75, 3.05) is 6.54 Å². The molecule has 1 fully saturated rings. The van der Waals surface area contributed by atoms with Gasteiger partial charge in [0.05, 0.1) is 5.69 Å². The third-order valence-electron chi connectivity index (χ3n) is 4.09. The van der Waals surface area contributed by atoms with E-state index in [1.54, 1.807) is 0 Å². The SMILES string of the molecule is C[C@@H]1C[C@@H]1C(=O)NCCc1cn2c(n1)CCCC2. The number of fused-ring (bicyclic) bond motifs is 1. The lowest BCUT2D eigenvalue weighted by molar-refractivity contribution is -0.122. The number of aryl methyl sites for hydroxylation is 2. The highest BCUT2D eigenvalue weighted by Crippen LogP contribution is 2.37. The first kappa shape index (κ1) is 11.8. The average molecular weight is 247 g/mol. The van der Waals surface area contributed by atoms with Crippen molar-refractivity contribution in [1.82, 2.24) is 14.9 Å². The number of amides is 1. The Balaban J connectivity index is 1.48. The molecule has 2 atom stereocenters. The molecule has 1 N–H and O–H groups in total. The van der Waals surface area contributed by atoms with Crippen LogP contribution in [0.3, 0.4) is 0 Å². The third kappa shape index (κ3) is 2.42. The van der Waals surface area contributed by atoms with Crippen LogP contribution in [0.15, 0.2) is 6.20 Å². The van der Waals surface area contributed by atoms with E-state index in [1.807, 2.05) is 0 Å². The third-order valence-corrected chi connectivity index (χ3v) is 4.09. The van der Waals surface area contributed by atoms with E-state index in [1.165, 1.54) is 18.7 Å². The number of imidazole rings is 1. The second-order valence-electron chi connectivity index (χ2n) is 5.66. The molecular weight excluding hydrogens is 226 g/mol. The summed E-state index contributed by atoms with van der Waals surface area (Å²) in [6, 6.07) is 0. The number of hydrogen-bond acceptors (Lipinski definition) is 2. The van der Waals surface area contributed by atoms with Crippen molar-refractivity contribution < 1.29 is 4.79 Å². The summed E-state index contributed by atoms with van der Waals surface area (Å²) in [6.07, 6.45) is 7.69. The zero-order chi connectivity index (χ0) is 12.5. The first-order valence-corrected chi connectivity index (χ1v) is 7.06. The Morgan fingerprint density at radius 1 is 1.56 bits per heavy atom. The molecule has 0 spiro atoms. The summed E-state index contributed by atoms with van der Waals surface area (Å²) < 4.78 is 2.27. The Kier molecular flexibility index (Phi) is 3.10. The summed E-state index contributed by atoms with van der Waals surface area (Å²) in [6.45, 7) is 3.96. The van der Waals surface area contributed by atoms with Gasteiger partial charge in [0.2, 0.25) is 5.91 Å². The zero-order valence-corrected chi connectivity index (χ0v) is 11.0. The van der Waals surface area contributed by atoms with Gasteiger partial charge in [-0.15, -0.1) is 0 Å². The topological polar surface area (TPSA) is 46.9 Å². The van der Waals surface area contributed by atoms with Gasteiger partial charge in [-0.3, -0.25) is 4.79 Å². The number of carbonyl (C=O) groups is 1. The van der Waals surface area contributed by atoms with E-state index >= 15 is 0 Å². The minimum absolute atomic E-state index is 0.228. The maximum absolute atomic E-state index is 11.7. The van der Waals surface area contributed by atoms with Crippen LogP contribution in [0.5, 0.6) is 0 Å². The minimum atomic E-state index is 0.228. The molecule has 0 bridgehead atoms. The molecule has 0 saturated heterocycles. The number of nitrogens with zero attached hydrogens (tertiary/aromatic N) is 2. The molecule has 1 amide bonds. The molecule has 1 saturated carbocycles. The fourth-order valence-corrected chi connectivity index (χ4v) is 2.72. The minimum Gasteiger partial charge on any atom is -0.355 e. The lowest BCUT2D eigenvalue weighted by Crippen LogP contribution is -2.27. The Morgan fingerprint density at radius 2 is 2.39 bits per heavy atom. The van der Waals surface area contributed by atoms with E-state index in [-0.39, 0.29) is 11.8 Å². The quantitative estimate of drug-likeness (QED) is 0.877. The highest BCUT2D eigenvalue weighted by molar-refractivity contribution is 5.81. The second kappa shape index (κ2) is 4.75. The van der Waals surface area contributed by atoms with Crippen LogP contribution in [-0.2, 0) is 24.2 Å². The van der Waals surface area contributed by atoms with Crippen molar-refractivity contribution in [2.45, 2.75) is 45.6 Å². The fraction of sp³-hybridized carbons (Fsp3) is 0.714. The Morgan fingerprint density at radius 3 is 3.11 bits per heavy atom. The van der Waals surface area contributed by atoms with Gasteiger partial charge in [-0.2, -0.15) is 0 Å². The predicted octanol–water partition coefficient (Wildman–Crippen LogP) is 1.53. The van der Waals surface area contributed by atoms with E-state index in [0.717, 1.165) is 38.0 Å². The van der Waals surface area contributed by atoms with Gasteiger partial charge in [0.25, 0.3) is 0 Å². The second-order valence-corrected chi connectivity index (χ2v) is 5.66. The van der Waals surface area contributed by atoms with Crippen LogP contribution in [0.2, 0.25) is 0 Å².